The van der Waals surface area contributed by atoms with Crippen molar-refractivity contribution in [3.05, 3.63) is 35.6 Å². The molecule has 1 aliphatic carbocycles. The smallest absolute Gasteiger partial charge is 0.191 e. The Morgan fingerprint density at radius 3 is 2.50 bits per heavy atom. The van der Waals surface area contributed by atoms with Crippen molar-refractivity contribution in [3.63, 3.8) is 0 Å². The topological polar surface area (TPSA) is 42.9 Å². The molecular weight excluding hydrogens is 353 g/mol. The first-order chi connectivity index (χ1) is 13.6. The molecule has 3 rings (SSSR count). The second-order valence-electron chi connectivity index (χ2n) is 8.13. The highest BCUT2D eigenvalue weighted by Gasteiger charge is 2.44. The molecule has 5 nitrogen and oxygen atoms in total. The van der Waals surface area contributed by atoms with Gasteiger partial charge in [-0.2, -0.15) is 0 Å². The summed E-state index contributed by atoms with van der Waals surface area (Å²) in [7, 11) is 1.81. The molecule has 1 aromatic carbocycles. The molecule has 0 unspecified atom stereocenters. The van der Waals surface area contributed by atoms with Gasteiger partial charge in [-0.15, -0.1) is 0 Å². The van der Waals surface area contributed by atoms with Crippen molar-refractivity contribution in [2.75, 3.05) is 59.4 Å². The second-order valence-corrected chi connectivity index (χ2v) is 8.13. The summed E-state index contributed by atoms with van der Waals surface area (Å²) in [5, 5.41) is 6.87. The van der Waals surface area contributed by atoms with Crippen molar-refractivity contribution in [1.82, 2.24) is 20.4 Å². The van der Waals surface area contributed by atoms with E-state index in [0.29, 0.717) is 0 Å². The molecule has 2 N–H and O–H groups in total. The lowest BCUT2D eigenvalue weighted by molar-refractivity contribution is 0.136. The van der Waals surface area contributed by atoms with Crippen LogP contribution in [-0.4, -0.2) is 75.2 Å². The van der Waals surface area contributed by atoms with E-state index in [9.17, 15) is 4.39 Å². The average Bonchev–Trinajstić information content (AvgIpc) is 3.52. The van der Waals surface area contributed by atoms with Gasteiger partial charge in [0.05, 0.1) is 0 Å². The summed E-state index contributed by atoms with van der Waals surface area (Å²) in [5.74, 6) is 0.696. The predicted octanol–water partition coefficient (Wildman–Crippen LogP) is 2.44. The van der Waals surface area contributed by atoms with Crippen LogP contribution in [0.4, 0.5) is 4.39 Å². The lowest BCUT2D eigenvalue weighted by atomic mass is 9.96. The number of piperazine rings is 1. The Morgan fingerprint density at radius 1 is 1.11 bits per heavy atom. The first kappa shape index (κ1) is 21.1. The molecule has 1 saturated carbocycles. The Balaban J connectivity index is 1.31. The maximum absolute atomic E-state index is 13.5. The zero-order valence-electron chi connectivity index (χ0n) is 17.5. The number of benzene rings is 1. The van der Waals surface area contributed by atoms with Crippen LogP contribution in [0.3, 0.4) is 0 Å². The minimum absolute atomic E-state index is 0.0698. The van der Waals surface area contributed by atoms with E-state index in [1.54, 1.807) is 12.1 Å². The van der Waals surface area contributed by atoms with Crippen LogP contribution in [0.5, 0.6) is 0 Å². The van der Waals surface area contributed by atoms with E-state index in [-0.39, 0.29) is 11.2 Å². The third kappa shape index (κ3) is 5.92. The number of likely N-dealkylation sites (N-methyl/N-ethyl adjacent to an activating group) is 1. The molecular formula is C22H36FN5. The summed E-state index contributed by atoms with van der Waals surface area (Å²) in [6.07, 6.45) is 4.56. The van der Waals surface area contributed by atoms with Crippen molar-refractivity contribution in [1.29, 1.82) is 0 Å². The molecule has 1 aromatic rings. The quantitative estimate of drug-likeness (QED) is 0.387. The van der Waals surface area contributed by atoms with E-state index >= 15 is 0 Å². The van der Waals surface area contributed by atoms with Gasteiger partial charge in [-0.1, -0.05) is 19.1 Å². The average molecular weight is 390 g/mol. The van der Waals surface area contributed by atoms with E-state index < -0.39 is 0 Å². The van der Waals surface area contributed by atoms with Gasteiger partial charge in [0.15, 0.2) is 5.96 Å². The third-order valence-corrected chi connectivity index (χ3v) is 6.21. The molecule has 28 heavy (non-hydrogen) atoms. The van der Waals surface area contributed by atoms with Gasteiger partial charge in [-0.3, -0.25) is 4.99 Å². The summed E-state index contributed by atoms with van der Waals surface area (Å²) in [5.41, 5.74) is 1.17. The number of unbranched alkanes of at least 4 members (excludes halogenated alkanes) is 1. The molecule has 0 spiro atoms. The Bertz CT molecular complexity index is 636. The molecule has 0 bridgehead atoms. The van der Waals surface area contributed by atoms with E-state index in [4.69, 9.17) is 0 Å². The molecule has 0 aromatic heterocycles. The fourth-order valence-corrected chi connectivity index (χ4v) is 4.01. The second kappa shape index (κ2) is 10.2. The minimum Gasteiger partial charge on any atom is -0.356 e. The zero-order valence-corrected chi connectivity index (χ0v) is 17.5. The zero-order chi connectivity index (χ0) is 19.8. The normalized spacial score (nSPS) is 20.2. The Labute approximate surface area is 169 Å². The van der Waals surface area contributed by atoms with Crippen LogP contribution in [0.25, 0.3) is 0 Å². The summed E-state index contributed by atoms with van der Waals surface area (Å²) in [6.45, 7) is 11.2. The lowest BCUT2D eigenvalue weighted by Crippen LogP contribution is -2.46. The molecule has 156 valence electrons. The van der Waals surface area contributed by atoms with Crippen LogP contribution in [0.2, 0.25) is 0 Å². The van der Waals surface area contributed by atoms with Gasteiger partial charge in [-0.25, -0.2) is 4.39 Å². The van der Waals surface area contributed by atoms with Crippen molar-refractivity contribution < 1.29 is 4.39 Å². The molecule has 6 heteroatoms. The third-order valence-electron chi connectivity index (χ3n) is 6.21. The molecule has 1 aliphatic heterocycles. The molecule has 0 radical (unpaired) electrons. The molecule has 1 heterocycles. The van der Waals surface area contributed by atoms with Gasteiger partial charge in [0.1, 0.15) is 5.82 Å². The largest absolute Gasteiger partial charge is 0.356 e. The van der Waals surface area contributed by atoms with Gasteiger partial charge in [0, 0.05) is 51.7 Å². The standard InChI is InChI=1S/C22H36FN5/c1-3-27-13-15-28(16-14-27)12-5-4-11-25-21(24-2)26-18-22(9-10-22)19-7-6-8-20(23)17-19/h6-8,17H,3-5,9-16,18H2,1-2H3,(H2,24,25,26). The van der Waals surface area contributed by atoms with E-state index in [1.807, 2.05) is 13.1 Å². The van der Waals surface area contributed by atoms with Crippen LogP contribution in [0.1, 0.15) is 38.2 Å². The SMILES string of the molecule is CCN1CCN(CCCCNC(=NC)NCC2(c3cccc(F)c3)CC2)CC1. The van der Waals surface area contributed by atoms with Crippen LogP contribution < -0.4 is 10.6 Å². The van der Waals surface area contributed by atoms with Crippen LogP contribution in [-0.2, 0) is 5.41 Å². The van der Waals surface area contributed by atoms with E-state index in [0.717, 1.165) is 43.9 Å². The summed E-state index contributed by atoms with van der Waals surface area (Å²) < 4.78 is 13.5. The highest BCUT2D eigenvalue weighted by atomic mass is 19.1. The van der Waals surface area contributed by atoms with Crippen molar-refractivity contribution in [2.24, 2.45) is 4.99 Å². The number of nitrogens with one attached hydrogen (secondary N) is 2. The lowest BCUT2D eigenvalue weighted by Gasteiger charge is -2.34. The maximum Gasteiger partial charge on any atom is 0.191 e. The van der Waals surface area contributed by atoms with Gasteiger partial charge < -0.3 is 20.4 Å². The van der Waals surface area contributed by atoms with Crippen LogP contribution in [0.15, 0.2) is 29.3 Å². The molecule has 1 saturated heterocycles. The highest BCUT2D eigenvalue weighted by molar-refractivity contribution is 5.79. The van der Waals surface area contributed by atoms with Gasteiger partial charge in [0.2, 0.25) is 0 Å². The number of nitrogens with zero attached hydrogens (tertiary/aromatic N) is 3. The number of halogens is 1. The predicted molar refractivity (Wildman–Crippen MR) is 114 cm³/mol. The Morgan fingerprint density at radius 2 is 1.86 bits per heavy atom. The van der Waals surface area contributed by atoms with Gasteiger partial charge >= 0.3 is 0 Å². The highest BCUT2D eigenvalue weighted by Crippen LogP contribution is 2.47. The minimum atomic E-state index is -0.151. The number of rotatable bonds is 9. The van der Waals surface area contributed by atoms with E-state index in [2.05, 4.69) is 32.3 Å². The first-order valence-electron chi connectivity index (χ1n) is 10.8. The molecule has 2 fully saturated rings. The number of aliphatic imine (C=N–C) groups is 1. The van der Waals surface area contributed by atoms with Crippen LogP contribution >= 0.6 is 0 Å². The number of guanidine groups is 1. The first-order valence-corrected chi connectivity index (χ1v) is 10.8. The molecule has 0 atom stereocenters. The summed E-state index contributed by atoms with van der Waals surface area (Å²) in [6, 6.07) is 7.02. The monoisotopic (exact) mass is 389 g/mol. The molecule has 2 aliphatic rings. The molecule has 0 amide bonds. The van der Waals surface area contributed by atoms with E-state index in [1.165, 1.54) is 51.8 Å². The fourth-order valence-electron chi connectivity index (χ4n) is 4.01. The Kier molecular flexibility index (Phi) is 7.68. The van der Waals surface area contributed by atoms with Gasteiger partial charge in [-0.05, 0) is 56.5 Å². The van der Waals surface area contributed by atoms with Crippen molar-refractivity contribution in [2.45, 2.75) is 38.0 Å². The summed E-state index contributed by atoms with van der Waals surface area (Å²) in [4.78, 5) is 9.44. The van der Waals surface area contributed by atoms with Crippen molar-refractivity contribution in [3.8, 4) is 0 Å². The van der Waals surface area contributed by atoms with Crippen LogP contribution in [0, 0.1) is 5.82 Å². The fraction of sp³-hybridized carbons (Fsp3) is 0.682. The maximum atomic E-state index is 13.5. The summed E-state index contributed by atoms with van der Waals surface area (Å²) >= 11 is 0. The number of hydrogen-bond acceptors (Lipinski definition) is 3. The van der Waals surface area contributed by atoms with Gasteiger partial charge in [0.25, 0.3) is 0 Å². The van der Waals surface area contributed by atoms with Crippen molar-refractivity contribution >= 4 is 5.96 Å². The number of hydrogen-bond donors (Lipinski definition) is 2. The Hall–Kier alpha value is -1.66.